The smallest absolute Gasteiger partial charge is 0.110 e. The Bertz CT molecular complexity index is 931. The van der Waals surface area contributed by atoms with Crippen LogP contribution < -0.4 is 4.90 Å². The van der Waals surface area contributed by atoms with Crippen molar-refractivity contribution in [3.05, 3.63) is 70.3 Å². The number of nitrogens with one attached hydrogen (secondary N) is 2. The van der Waals surface area contributed by atoms with Crippen LogP contribution >= 0.6 is 22.9 Å². The van der Waals surface area contributed by atoms with Gasteiger partial charge in [0.1, 0.15) is 16.7 Å². The van der Waals surface area contributed by atoms with Gasteiger partial charge in [0.15, 0.2) is 0 Å². The summed E-state index contributed by atoms with van der Waals surface area (Å²) in [5.41, 5.74) is 4.08. The third kappa shape index (κ3) is 6.55. The van der Waals surface area contributed by atoms with Crippen LogP contribution in [0.1, 0.15) is 61.6 Å². The molecule has 0 spiro atoms. The van der Waals surface area contributed by atoms with E-state index in [1.165, 1.54) is 4.88 Å². The molecule has 0 aliphatic heterocycles. The second-order valence-corrected chi connectivity index (χ2v) is 8.97. The molecule has 31 heavy (non-hydrogen) atoms. The maximum atomic E-state index is 8.87. The van der Waals surface area contributed by atoms with Crippen molar-refractivity contribution in [1.82, 2.24) is 0 Å². The van der Waals surface area contributed by atoms with Crippen LogP contribution in [0.4, 0.5) is 5.00 Å². The highest BCUT2D eigenvalue weighted by molar-refractivity contribution is 7.17. The van der Waals surface area contributed by atoms with E-state index in [0.717, 1.165) is 52.8 Å². The van der Waals surface area contributed by atoms with Crippen LogP contribution in [-0.4, -0.2) is 16.8 Å². The van der Waals surface area contributed by atoms with Gasteiger partial charge in [0.2, 0.25) is 0 Å². The van der Waals surface area contributed by atoms with E-state index < -0.39 is 0 Å². The van der Waals surface area contributed by atoms with E-state index in [4.69, 9.17) is 27.5 Å². The Morgan fingerprint density at radius 2 is 1.77 bits per heavy atom. The lowest BCUT2D eigenvalue weighted by molar-refractivity contribution is 0.476. The van der Waals surface area contributed by atoms with Crippen LogP contribution in [0.5, 0.6) is 0 Å². The van der Waals surface area contributed by atoms with Gasteiger partial charge >= 0.3 is 0 Å². The second-order valence-electron chi connectivity index (χ2n) is 7.33. The molecule has 0 bridgehead atoms. The van der Waals surface area contributed by atoms with E-state index >= 15 is 0 Å². The molecule has 0 aliphatic carbocycles. The van der Waals surface area contributed by atoms with E-state index in [1.54, 1.807) is 18.3 Å². The maximum absolute atomic E-state index is 8.87. The SMILES string of the molecule is C=C(c1ccc(Cl)cc1)c1c(N(C(C)=N)C(=N)[C@@H](CC)CCC)sc(C)c1C.C=CO. The average Bonchev–Trinajstić information content (AvgIpc) is 3.00. The van der Waals surface area contributed by atoms with Crippen LogP contribution in [-0.2, 0) is 0 Å². The number of anilines is 1. The summed E-state index contributed by atoms with van der Waals surface area (Å²) in [6.45, 7) is 17.5. The van der Waals surface area contributed by atoms with Crippen molar-refractivity contribution in [2.75, 3.05) is 4.90 Å². The molecule has 0 fully saturated rings. The van der Waals surface area contributed by atoms with E-state index in [9.17, 15) is 0 Å². The molecule has 2 aromatic rings. The highest BCUT2D eigenvalue weighted by Gasteiger charge is 2.28. The minimum absolute atomic E-state index is 0.143. The number of aliphatic hydroxyl groups is 1. The fourth-order valence-corrected chi connectivity index (χ4v) is 4.80. The number of amidine groups is 2. The average molecular weight is 460 g/mol. The first-order valence-electron chi connectivity index (χ1n) is 10.4. The number of halogens is 1. The molecule has 3 N–H and O–H groups in total. The Kier molecular flexibility index (Phi) is 10.7. The zero-order chi connectivity index (χ0) is 23.7. The quantitative estimate of drug-likeness (QED) is 0.221. The lowest BCUT2D eigenvalue weighted by Gasteiger charge is -2.29. The van der Waals surface area contributed by atoms with Gasteiger partial charge in [-0.05, 0) is 62.4 Å². The summed E-state index contributed by atoms with van der Waals surface area (Å²) in [7, 11) is 0. The lowest BCUT2D eigenvalue weighted by atomic mass is 9.95. The third-order valence-corrected chi connectivity index (χ3v) is 6.60. The fraction of sp³-hybridized carbons (Fsp3) is 0.360. The molecular weight excluding hydrogens is 426 g/mol. The third-order valence-electron chi connectivity index (χ3n) is 5.16. The molecule has 1 atom stereocenters. The number of benzene rings is 1. The molecule has 0 amide bonds. The van der Waals surface area contributed by atoms with Crippen molar-refractivity contribution in [1.29, 1.82) is 10.8 Å². The van der Waals surface area contributed by atoms with Gasteiger partial charge in [0, 0.05) is 21.4 Å². The van der Waals surface area contributed by atoms with E-state index in [1.807, 2.05) is 29.2 Å². The van der Waals surface area contributed by atoms with Crippen molar-refractivity contribution in [3.8, 4) is 0 Å². The van der Waals surface area contributed by atoms with Gasteiger partial charge < -0.3 is 5.11 Å². The van der Waals surface area contributed by atoms with Crippen molar-refractivity contribution in [2.24, 2.45) is 5.92 Å². The Morgan fingerprint density at radius 3 is 2.23 bits per heavy atom. The highest BCUT2D eigenvalue weighted by atomic mass is 35.5. The fourth-order valence-electron chi connectivity index (χ4n) is 3.42. The molecule has 2 rings (SSSR count). The van der Waals surface area contributed by atoms with Crippen LogP contribution in [0, 0.1) is 30.6 Å². The Labute approximate surface area is 195 Å². The number of aryl methyl sites for hydroxylation is 1. The Hall–Kier alpha value is -2.37. The number of hydrogen-bond donors (Lipinski definition) is 3. The molecule has 6 heteroatoms. The first-order valence-corrected chi connectivity index (χ1v) is 11.6. The molecule has 0 saturated carbocycles. The topological polar surface area (TPSA) is 71.2 Å². The molecule has 1 aromatic heterocycles. The molecular formula is C25H34ClN3OS. The molecule has 0 radical (unpaired) electrons. The maximum Gasteiger partial charge on any atom is 0.110 e. The van der Waals surface area contributed by atoms with Crippen molar-refractivity contribution in [3.63, 3.8) is 0 Å². The first kappa shape index (κ1) is 26.7. The standard InChI is InChI=1S/C23H30ClN3S.C2H4O/c1-7-9-18(8-2)22(26)27(17(6)25)23-21(14(3)16(5)28-23)15(4)19-10-12-20(24)13-11-19;1-2-3/h10-13,18,25-26H,4,7-9H2,1-3,5-6H3;2-3H,1H2/t18-;/m0./s1. The molecule has 0 unspecified atom stereocenters. The Morgan fingerprint density at radius 1 is 1.23 bits per heavy atom. The van der Waals surface area contributed by atoms with Crippen molar-refractivity contribution in [2.45, 2.75) is 53.9 Å². The van der Waals surface area contributed by atoms with Crippen molar-refractivity contribution >= 4 is 45.2 Å². The van der Waals surface area contributed by atoms with Crippen LogP contribution in [0.15, 0.2) is 43.7 Å². The van der Waals surface area contributed by atoms with Gasteiger partial charge in [-0.3, -0.25) is 15.7 Å². The summed E-state index contributed by atoms with van der Waals surface area (Å²) in [6, 6.07) is 7.68. The summed E-state index contributed by atoms with van der Waals surface area (Å²) in [6.07, 6.45) is 3.63. The summed E-state index contributed by atoms with van der Waals surface area (Å²) >= 11 is 7.69. The molecule has 0 saturated heterocycles. The normalized spacial score (nSPS) is 11.2. The van der Waals surface area contributed by atoms with Gasteiger partial charge in [-0.1, -0.05) is 57.2 Å². The van der Waals surface area contributed by atoms with Gasteiger partial charge in [0.05, 0.1) is 6.26 Å². The van der Waals surface area contributed by atoms with Gasteiger partial charge in [-0.15, -0.1) is 11.3 Å². The number of aliphatic hydroxyl groups excluding tert-OH is 1. The number of nitrogens with zero attached hydrogens (tertiary/aromatic N) is 1. The summed E-state index contributed by atoms with van der Waals surface area (Å²) in [5.74, 6) is 1.01. The van der Waals surface area contributed by atoms with Gasteiger partial charge in [-0.25, -0.2) is 0 Å². The van der Waals surface area contributed by atoms with E-state index in [2.05, 4.69) is 40.9 Å². The van der Waals surface area contributed by atoms with Gasteiger partial charge in [0.25, 0.3) is 0 Å². The van der Waals surface area contributed by atoms with Gasteiger partial charge in [-0.2, -0.15) is 0 Å². The predicted octanol–water partition coefficient (Wildman–Crippen LogP) is 8.37. The Balaban J connectivity index is 0.00000151. The van der Waals surface area contributed by atoms with E-state index in [0.29, 0.717) is 16.7 Å². The largest absolute Gasteiger partial charge is 0.516 e. The molecule has 4 nitrogen and oxygen atoms in total. The number of thiophene rings is 1. The zero-order valence-corrected chi connectivity index (χ0v) is 20.8. The van der Waals surface area contributed by atoms with Crippen LogP contribution in [0.2, 0.25) is 5.02 Å². The molecule has 1 heterocycles. The zero-order valence-electron chi connectivity index (χ0n) is 19.2. The summed E-state index contributed by atoms with van der Waals surface area (Å²) in [5, 5.41) is 26.2. The lowest BCUT2D eigenvalue weighted by Crippen LogP contribution is -2.38. The highest BCUT2D eigenvalue weighted by Crippen LogP contribution is 2.42. The second kappa shape index (κ2) is 12.5. The number of hydrogen-bond acceptors (Lipinski definition) is 4. The predicted molar refractivity (Wildman–Crippen MR) is 139 cm³/mol. The first-order chi connectivity index (χ1) is 14.6. The van der Waals surface area contributed by atoms with Crippen LogP contribution in [0.3, 0.4) is 0 Å². The minimum Gasteiger partial charge on any atom is -0.516 e. The molecule has 168 valence electrons. The minimum atomic E-state index is 0.143. The molecule has 0 aliphatic rings. The summed E-state index contributed by atoms with van der Waals surface area (Å²) in [4.78, 5) is 2.99. The van der Waals surface area contributed by atoms with Crippen LogP contribution in [0.25, 0.3) is 5.57 Å². The summed E-state index contributed by atoms with van der Waals surface area (Å²) < 4.78 is 0. The number of rotatable bonds is 7. The monoisotopic (exact) mass is 459 g/mol. The molecule has 1 aromatic carbocycles. The van der Waals surface area contributed by atoms with Crippen molar-refractivity contribution < 1.29 is 5.11 Å². The van der Waals surface area contributed by atoms with E-state index in [-0.39, 0.29) is 5.92 Å².